The van der Waals surface area contributed by atoms with Gasteiger partial charge in [-0.3, -0.25) is 4.39 Å². The Morgan fingerprint density at radius 2 is 2.08 bits per heavy atom. The van der Waals surface area contributed by atoms with Crippen LogP contribution in [0.4, 0.5) is 8.78 Å². The number of benzene rings is 1. The normalized spacial score (nSPS) is 12.9. The highest BCUT2D eigenvalue weighted by Crippen LogP contribution is 2.19. The van der Waals surface area contributed by atoms with Crippen LogP contribution >= 0.6 is 0 Å². The van der Waals surface area contributed by atoms with Gasteiger partial charge in [-0.05, 0) is 23.6 Å². The zero-order chi connectivity index (χ0) is 9.84. The molecule has 0 radical (unpaired) electrons. The maximum absolute atomic E-state index is 13.2. The lowest BCUT2D eigenvalue weighted by atomic mass is 10.00. The van der Waals surface area contributed by atoms with Crippen molar-refractivity contribution >= 4 is 0 Å². The summed E-state index contributed by atoms with van der Waals surface area (Å²) >= 11 is 0. The van der Waals surface area contributed by atoms with Crippen molar-refractivity contribution in [2.75, 3.05) is 6.67 Å². The van der Waals surface area contributed by atoms with Crippen molar-refractivity contribution in [3.8, 4) is 0 Å². The molecule has 0 amide bonds. The first kappa shape index (κ1) is 10.2. The van der Waals surface area contributed by atoms with Crippen LogP contribution in [0.25, 0.3) is 0 Å². The van der Waals surface area contributed by atoms with Gasteiger partial charge in [0.2, 0.25) is 0 Å². The monoisotopic (exact) mass is 184 g/mol. The van der Waals surface area contributed by atoms with Crippen molar-refractivity contribution in [3.63, 3.8) is 0 Å². The largest absolute Gasteiger partial charge is 0.250 e. The third-order valence-electron chi connectivity index (χ3n) is 2.26. The first-order valence-corrected chi connectivity index (χ1v) is 4.53. The van der Waals surface area contributed by atoms with Gasteiger partial charge in [0.15, 0.2) is 0 Å². The van der Waals surface area contributed by atoms with Gasteiger partial charge < -0.3 is 0 Å². The van der Waals surface area contributed by atoms with E-state index in [-0.39, 0.29) is 11.7 Å². The minimum absolute atomic E-state index is 0.208. The predicted molar refractivity (Wildman–Crippen MR) is 50.2 cm³/mol. The minimum atomic E-state index is -0.440. The molecule has 0 aromatic heterocycles. The molecule has 0 heterocycles. The minimum Gasteiger partial charge on any atom is -0.250 e. The van der Waals surface area contributed by atoms with E-state index in [0.29, 0.717) is 12.0 Å². The van der Waals surface area contributed by atoms with Gasteiger partial charge in [0.1, 0.15) is 5.82 Å². The molecule has 72 valence electrons. The second-order valence-corrected chi connectivity index (χ2v) is 3.26. The average Bonchev–Trinajstić information content (AvgIpc) is 2.16. The first-order valence-electron chi connectivity index (χ1n) is 4.53. The van der Waals surface area contributed by atoms with Crippen LogP contribution in [0.15, 0.2) is 18.2 Å². The summed E-state index contributed by atoms with van der Waals surface area (Å²) in [5.74, 6) is -0.430. The molecule has 1 aromatic carbocycles. The molecule has 0 bridgehead atoms. The molecule has 13 heavy (non-hydrogen) atoms. The van der Waals surface area contributed by atoms with Crippen LogP contribution in [0.3, 0.4) is 0 Å². The highest BCUT2D eigenvalue weighted by Gasteiger charge is 2.07. The lowest BCUT2D eigenvalue weighted by Crippen LogP contribution is -1.97. The van der Waals surface area contributed by atoms with Gasteiger partial charge in [0.05, 0.1) is 6.67 Å². The number of rotatable bonds is 3. The van der Waals surface area contributed by atoms with E-state index < -0.39 is 6.67 Å². The van der Waals surface area contributed by atoms with Crippen LogP contribution in [0.2, 0.25) is 0 Å². The summed E-state index contributed by atoms with van der Waals surface area (Å²) in [6.45, 7) is 3.21. The van der Waals surface area contributed by atoms with Crippen LogP contribution in [0, 0.1) is 5.82 Å². The van der Waals surface area contributed by atoms with Gasteiger partial charge in [-0.25, -0.2) is 4.39 Å². The zero-order valence-electron chi connectivity index (χ0n) is 7.98. The van der Waals surface area contributed by atoms with Crippen molar-refractivity contribution in [2.45, 2.75) is 26.2 Å². The van der Waals surface area contributed by atoms with Gasteiger partial charge in [0.25, 0.3) is 0 Å². The molecule has 0 aliphatic carbocycles. The number of alkyl halides is 1. The van der Waals surface area contributed by atoms with E-state index in [1.807, 2.05) is 6.92 Å². The Hall–Kier alpha value is -0.920. The standard InChI is InChI=1S/C11H14F2/c1-3-9-4-5-10(6-11(9)13)8(2)7-12/h4-6,8H,3,7H2,1-2H3. The first-order chi connectivity index (χ1) is 6.19. The average molecular weight is 184 g/mol. The maximum Gasteiger partial charge on any atom is 0.126 e. The summed E-state index contributed by atoms with van der Waals surface area (Å²) < 4.78 is 25.5. The van der Waals surface area contributed by atoms with Crippen LogP contribution in [0.1, 0.15) is 30.9 Å². The zero-order valence-corrected chi connectivity index (χ0v) is 7.98. The van der Waals surface area contributed by atoms with E-state index in [9.17, 15) is 8.78 Å². The van der Waals surface area contributed by atoms with Crippen molar-refractivity contribution < 1.29 is 8.78 Å². The number of hydrogen-bond acceptors (Lipinski definition) is 0. The van der Waals surface area contributed by atoms with Crippen molar-refractivity contribution in [2.24, 2.45) is 0 Å². The summed E-state index contributed by atoms with van der Waals surface area (Å²) in [6.07, 6.45) is 0.677. The molecule has 0 fully saturated rings. The Labute approximate surface area is 77.6 Å². The SMILES string of the molecule is CCc1ccc(C(C)CF)cc1F. The Kier molecular flexibility index (Phi) is 3.40. The van der Waals surface area contributed by atoms with Gasteiger partial charge in [-0.15, -0.1) is 0 Å². The number of halogens is 2. The third-order valence-corrected chi connectivity index (χ3v) is 2.26. The smallest absolute Gasteiger partial charge is 0.126 e. The highest BCUT2D eigenvalue weighted by atomic mass is 19.1. The molecular weight excluding hydrogens is 170 g/mol. The summed E-state index contributed by atoms with van der Waals surface area (Å²) in [7, 11) is 0. The fraction of sp³-hybridized carbons (Fsp3) is 0.455. The van der Waals surface area contributed by atoms with E-state index in [2.05, 4.69) is 0 Å². The Bertz CT molecular complexity index is 281. The third kappa shape index (κ3) is 2.27. The molecule has 1 aromatic rings. The molecule has 0 N–H and O–H groups in total. The van der Waals surface area contributed by atoms with Crippen LogP contribution < -0.4 is 0 Å². The molecular formula is C11H14F2. The van der Waals surface area contributed by atoms with Crippen LogP contribution in [0.5, 0.6) is 0 Å². The van der Waals surface area contributed by atoms with Crippen LogP contribution in [-0.2, 0) is 6.42 Å². The highest BCUT2D eigenvalue weighted by molar-refractivity contribution is 5.26. The molecule has 1 unspecified atom stereocenters. The lowest BCUT2D eigenvalue weighted by molar-refractivity contribution is 0.446. The van der Waals surface area contributed by atoms with Crippen molar-refractivity contribution in [1.29, 1.82) is 0 Å². The molecule has 0 nitrogen and oxygen atoms in total. The van der Waals surface area contributed by atoms with Crippen molar-refractivity contribution in [3.05, 3.63) is 35.1 Å². The quantitative estimate of drug-likeness (QED) is 0.674. The van der Waals surface area contributed by atoms with Gasteiger partial charge >= 0.3 is 0 Å². The Morgan fingerprint density at radius 3 is 2.54 bits per heavy atom. The molecule has 0 spiro atoms. The second kappa shape index (κ2) is 4.35. The lowest BCUT2D eigenvalue weighted by Gasteiger charge is -2.08. The fourth-order valence-corrected chi connectivity index (χ4v) is 1.25. The summed E-state index contributed by atoms with van der Waals surface area (Å²) in [4.78, 5) is 0. The van der Waals surface area contributed by atoms with E-state index in [1.54, 1.807) is 19.1 Å². The maximum atomic E-state index is 13.2. The molecule has 0 saturated carbocycles. The second-order valence-electron chi connectivity index (χ2n) is 3.26. The molecule has 0 saturated heterocycles. The molecule has 1 atom stereocenters. The van der Waals surface area contributed by atoms with E-state index in [4.69, 9.17) is 0 Å². The molecule has 1 rings (SSSR count). The van der Waals surface area contributed by atoms with Crippen LogP contribution in [-0.4, -0.2) is 6.67 Å². The topological polar surface area (TPSA) is 0 Å². The van der Waals surface area contributed by atoms with Gasteiger partial charge in [-0.2, -0.15) is 0 Å². The van der Waals surface area contributed by atoms with Crippen molar-refractivity contribution in [1.82, 2.24) is 0 Å². The Balaban J connectivity index is 2.95. The summed E-state index contributed by atoms with van der Waals surface area (Å²) in [6, 6.07) is 4.96. The summed E-state index contributed by atoms with van der Waals surface area (Å²) in [5.41, 5.74) is 1.42. The molecule has 0 aliphatic rings. The molecule has 2 heteroatoms. The fourth-order valence-electron chi connectivity index (χ4n) is 1.25. The molecule has 0 aliphatic heterocycles. The van der Waals surface area contributed by atoms with Gasteiger partial charge in [-0.1, -0.05) is 26.0 Å². The number of hydrogen-bond donors (Lipinski definition) is 0. The summed E-state index contributed by atoms with van der Waals surface area (Å²) in [5, 5.41) is 0. The Morgan fingerprint density at radius 1 is 1.38 bits per heavy atom. The van der Waals surface area contributed by atoms with E-state index in [1.165, 1.54) is 6.07 Å². The number of aryl methyl sites for hydroxylation is 1. The van der Waals surface area contributed by atoms with E-state index >= 15 is 0 Å². The van der Waals surface area contributed by atoms with Gasteiger partial charge in [0, 0.05) is 5.92 Å². The van der Waals surface area contributed by atoms with E-state index in [0.717, 1.165) is 5.56 Å². The predicted octanol–water partition coefficient (Wildman–Crippen LogP) is 3.46.